The molecule has 0 atom stereocenters. The van der Waals surface area contributed by atoms with Gasteiger partial charge in [0.15, 0.2) is 0 Å². The molecule has 18 heavy (non-hydrogen) atoms. The van der Waals surface area contributed by atoms with E-state index in [4.69, 9.17) is 15.2 Å². The largest absolute Gasteiger partial charge is 0.495 e. The van der Waals surface area contributed by atoms with Crippen molar-refractivity contribution >= 4 is 5.69 Å². The highest BCUT2D eigenvalue weighted by atomic mass is 16.5. The molecule has 0 saturated carbocycles. The van der Waals surface area contributed by atoms with Crippen molar-refractivity contribution in [3.05, 3.63) is 48.3 Å². The summed E-state index contributed by atoms with van der Waals surface area (Å²) in [5.74, 6) is 1.40. The van der Waals surface area contributed by atoms with E-state index in [2.05, 4.69) is 4.98 Å². The molecule has 1 aromatic carbocycles. The van der Waals surface area contributed by atoms with E-state index in [-0.39, 0.29) is 0 Å². The van der Waals surface area contributed by atoms with E-state index in [9.17, 15) is 0 Å². The van der Waals surface area contributed by atoms with Crippen LogP contribution in [0.4, 0.5) is 5.69 Å². The molecule has 0 bridgehead atoms. The summed E-state index contributed by atoms with van der Waals surface area (Å²) in [5, 5.41) is 0. The molecule has 4 nitrogen and oxygen atoms in total. The Kier molecular flexibility index (Phi) is 4.02. The third-order valence-electron chi connectivity index (χ3n) is 2.55. The average Bonchev–Trinajstić information content (AvgIpc) is 2.40. The van der Waals surface area contributed by atoms with Crippen LogP contribution in [0.15, 0.2) is 42.6 Å². The Morgan fingerprint density at radius 3 is 2.78 bits per heavy atom. The molecule has 2 N–H and O–H groups in total. The van der Waals surface area contributed by atoms with Crippen molar-refractivity contribution < 1.29 is 9.47 Å². The highest BCUT2D eigenvalue weighted by Crippen LogP contribution is 2.25. The lowest BCUT2D eigenvalue weighted by Crippen LogP contribution is -2.03. The third-order valence-corrected chi connectivity index (χ3v) is 2.55. The zero-order valence-electron chi connectivity index (χ0n) is 10.3. The lowest BCUT2D eigenvalue weighted by atomic mass is 10.2. The van der Waals surface area contributed by atoms with Gasteiger partial charge in [-0.1, -0.05) is 6.07 Å². The first-order valence-electron chi connectivity index (χ1n) is 5.76. The van der Waals surface area contributed by atoms with Gasteiger partial charge in [0.1, 0.15) is 11.5 Å². The number of nitrogens with zero attached hydrogens (tertiary/aromatic N) is 1. The Morgan fingerprint density at radius 1 is 1.22 bits per heavy atom. The van der Waals surface area contributed by atoms with Crippen molar-refractivity contribution in [3.63, 3.8) is 0 Å². The van der Waals surface area contributed by atoms with Crippen LogP contribution in [-0.4, -0.2) is 18.7 Å². The standard InChI is InChI=1S/C14H16N2O2/c1-17-14-6-5-12(10-13(14)15)18-9-7-11-4-2-3-8-16-11/h2-6,8,10H,7,9,15H2,1H3. The minimum Gasteiger partial charge on any atom is -0.495 e. The smallest absolute Gasteiger partial charge is 0.142 e. The SMILES string of the molecule is COc1ccc(OCCc2ccccn2)cc1N. The maximum atomic E-state index is 5.80. The number of pyridine rings is 1. The highest BCUT2D eigenvalue weighted by Gasteiger charge is 2.01. The molecule has 0 spiro atoms. The predicted octanol–water partition coefficient (Wildman–Crippen LogP) is 2.29. The summed E-state index contributed by atoms with van der Waals surface area (Å²) in [5.41, 5.74) is 7.39. The van der Waals surface area contributed by atoms with E-state index in [0.717, 1.165) is 17.9 Å². The normalized spacial score (nSPS) is 10.1. The van der Waals surface area contributed by atoms with Gasteiger partial charge in [-0.25, -0.2) is 0 Å². The van der Waals surface area contributed by atoms with Crippen LogP contribution in [0.3, 0.4) is 0 Å². The van der Waals surface area contributed by atoms with Crippen molar-refractivity contribution in [1.29, 1.82) is 0 Å². The summed E-state index contributed by atoms with van der Waals surface area (Å²) >= 11 is 0. The highest BCUT2D eigenvalue weighted by molar-refractivity contribution is 5.56. The van der Waals surface area contributed by atoms with Crippen LogP contribution in [0.1, 0.15) is 5.69 Å². The minimum atomic E-state index is 0.572. The minimum absolute atomic E-state index is 0.572. The average molecular weight is 244 g/mol. The fraction of sp³-hybridized carbons (Fsp3) is 0.214. The number of anilines is 1. The summed E-state index contributed by atoms with van der Waals surface area (Å²) < 4.78 is 10.7. The molecular weight excluding hydrogens is 228 g/mol. The number of methoxy groups -OCH3 is 1. The topological polar surface area (TPSA) is 57.4 Å². The van der Waals surface area contributed by atoms with Gasteiger partial charge in [-0.05, 0) is 24.3 Å². The van der Waals surface area contributed by atoms with E-state index in [1.807, 2.05) is 24.3 Å². The second-order valence-corrected chi connectivity index (χ2v) is 3.82. The number of hydrogen-bond donors (Lipinski definition) is 1. The number of nitrogens with two attached hydrogens (primary N) is 1. The predicted molar refractivity (Wildman–Crippen MR) is 70.8 cm³/mol. The summed E-state index contributed by atoms with van der Waals surface area (Å²) in [6.07, 6.45) is 2.55. The number of ether oxygens (including phenoxy) is 2. The fourth-order valence-electron chi connectivity index (χ4n) is 1.62. The molecule has 0 fully saturated rings. The lowest BCUT2D eigenvalue weighted by molar-refractivity contribution is 0.320. The van der Waals surface area contributed by atoms with Gasteiger partial charge in [0.2, 0.25) is 0 Å². The van der Waals surface area contributed by atoms with Gasteiger partial charge in [-0.2, -0.15) is 0 Å². The summed E-state index contributed by atoms with van der Waals surface area (Å²) in [6, 6.07) is 11.2. The van der Waals surface area contributed by atoms with Gasteiger partial charge < -0.3 is 15.2 Å². The number of hydrogen-bond acceptors (Lipinski definition) is 4. The van der Waals surface area contributed by atoms with Crippen LogP contribution >= 0.6 is 0 Å². The van der Waals surface area contributed by atoms with E-state index >= 15 is 0 Å². The fourth-order valence-corrected chi connectivity index (χ4v) is 1.62. The maximum absolute atomic E-state index is 5.80. The molecule has 0 unspecified atom stereocenters. The number of benzene rings is 1. The molecule has 0 aliphatic heterocycles. The van der Waals surface area contributed by atoms with Crippen LogP contribution in [-0.2, 0) is 6.42 Å². The Balaban J connectivity index is 1.89. The molecule has 0 saturated heterocycles. The van der Waals surface area contributed by atoms with E-state index in [1.54, 1.807) is 25.4 Å². The van der Waals surface area contributed by atoms with Crippen molar-refractivity contribution in [2.45, 2.75) is 6.42 Å². The monoisotopic (exact) mass is 244 g/mol. The first kappa shape index (κ1) is 12.2. The summed E-state index contributed by atoms with van der Waals surface area (Å²) in [4.78, 5) is 4.23. The molecule has 2 rings (SSSR count). The quantitative estimate of drug-likeness (QED) is 0.820. The van der Waals surface area contributed by atoms with Crippen LogP contribution < -0.4 is 15.2 Å². The summed E-state index contributed by atoms with van der Waals surface area (Å²) in [7, 11) is 1.59. The molecule has 0 radical (unpaired) electrons. The van der Waals surface area contributed by atoms with Crippen molar-refractivity contribution in [1.82, 2.24) is 4.98 Å². The van der Waals surface area contributed by atoms with Crippen LogP contribution in [0.25, 0.3) is 0 Å². The Bertz CT molecular complexity index is 500. The van der Waals surface area contributed by atoms with Crippen LogP contribution in [0.2, 0.25) is 0 Å². The molecule has 1 heterocycles. The number of aromatic nitrogens is 1. The maximum Gasteiger partial charge on any atom is 0.142 e. The van der Waals surface area contributed by atoms with E-state index < -0.39 is 0 Å². The van der Waals surface area contributed by atoms with Crippen molar-refractivity contribution in [3.8, 4) is 11.5 Å². The van der Waals surface area contributed by atoms with Gasteiger partial charge in [0.25, 0.3) is 0 Å². The van der Waals surface area contributed by atoms with Crippen molar-refractivity contribution in [2.75, 3.05) is 19.5 Å². The zero-order chi connectivity index (χ0) is 12.8. The lowest BCUT2D eigenvalue weighted by Gasteiger charge is -2.09. The molecule has 2 aromatic rings. The third kappa shape index (κ3) is 3.13. The van der Waals surface area contributed by atoms with Gasteiger partial charge in [-0.3, -0.25) is 4.98 Å². The molecule has 94 valence electrons. The van der Waals surface area contributed by atoms with Gasteiger partial charge in [0.05, 0.1) is 19.4 Å². The van der Waals surface area contributed by atoms with Gasteiger partial charge >= 0.3 is 0 Å². The Labute approximate surface area is 106 Å². The number of rotatable bonds is 5. The van der Waals surface area contributed by atoms with E-state index in [1.165, 1.54) is 0 Å². The molecule has 0 amide bonds. The first-order chi connectivity index (χ1) is 8.79. The first-order valence-corrected chi connectivity index (χ1v) is 5.76. The molecular formula is C14H16N2O2. The second-order valence-electron chi connectivity index (χ2n) is 3.82. The van der Waals surface area contributed by atoms with Crippen molar-refractivity contribution in [2.24, 2.45) is 0 Å². The molecule has 0 aliphatic carbocycles. The van der Waals surface area contributed by atoms with E-state index in [0.29, 0.717) is 18.0 Å². The number of nitrogen functional groups attached to an aromatic ring is 1. The van der Waals surface area contributed by atoms with Crippen LogP contribution in [0, 0.1) is 0 Å². The van der Waals surface area contributed by atoms with Gasteiger partial charge in [-0.15, -0.1) is 0 Å². The van der Waals surface area contributed by atoms with Crippen LogP contribution in [0.5, 0.6) is 11.5 Å². The van der Waals surface area contributed by atoms with Gasteiger partial charge in [0, 0.05) is 24.4 Å². The molecule has 0 aliphatic rings. The zero-order valence-corrected chi connectivity index (χ0v) is 10.3. The molecule has 4 heteroatoms. The summed E-state index contributed by atoms with van der Waals surface area (Å²) in [6.45, 7) is 0.572. The second kappa shape index (κ2) is 5.91. The Hall–Kier alpha value is -2.23. The molecule has 1 aromatic heterocycles. The Morgan fingerprint density at radius 2 is 2.11 bits per heavy atom.